The third-order valence-corrected chi connectivity index (χ3v) is 6.06. The summed E-state index contributed by atoms with van der Waals surface area (Å²) < 4.78 is 0. The van der Waals surface area contributed by atoms with Crippen molar-refractivity contribution in [1.82, 2.24) is 0 Å². The van der Waals surface area contributed by atoms with E-state index in [-0.39, 0.29) is 0 Å². The van der Waals surface area contributed by atoms with Crippen molar-refractivity contribution in [2.24, 2.45) is 5.92 Å². The van der Waals surface area contributed by atoms with E-state index >= 15 is 0 Å². The molecule has 1 aliphatic carbocycles. The molecule has 2 unspecified atom stereocenters. The van der Waals surface area contributed by atoms with Gasteiger partial charge in [-0.05, 0) is 30.7 Å². The minimum atomic E-state index is -1.02. The van der Waals surface area contributed by atoms with Gasteiger partial charge in [-0.3, -0.25) is 0 Å². The molecule has 0 aromatic heterocycles. The predicted molar refractivity (Wildman–Crippen MR) is 60.7 cm³/mol. The summed E-state index contributed by atoms with van der Waals surface area (Å²) in [7, 11) is -1.02. The molecular weight excluding hydrogens is 176 g/mol. The molecule has 0 spiro atoms. The van der Waals surface area contributed by atoms with Gasteiger partial charge in [-0.1, -0.05) is 31.8 Å². The Kier molecular flexibility index (Phi) is 3.74. The van der Waals surface area contributed by atoms with Crippen LogP contribution in [-0.4, -0.2) is 19.8 Å². The van der Waals surface area contributed by atoms with E-state index in [9.17, 15) is 0 Å². The molecule has 0 aromatic carbocycles. The molecule has 2 heteroatoms. The Morgan fingerprint density at radius 2 is 2.08 bits per heavy atom. The Labute approximate surface area is 82.9 Å². The maximum atomic E-state index is 8.98. The van der Waals surface area contributed by atoms with Crippen LogP contribution in [0.15, 0.2) is 12.2 Å². The molecule has 0 saturated heterocycles. The van der Waals surface area contributed by atoms with Crippen LogP contribution in [0.1, 0.15) is 19.3 Å². The Balaban J connectivity index is 2.65. The topological polar surface area (TPSA) is 20.2 Å². The highest BCUT2D eigenvalue weighted by molar-refractivity contribution is 6.77. The Morgan fingerprint density at radius 3 is 2.62 bits per heavy atom. The average Bonchev–Trinajstić information content (AvgIpc) is 2.04. The van der Waals surface area contributed by atoms with Gasteiger partial charge in [0.25, 0.3) is 0 Å². The zero-order chi connectivity index (χ0) is 9.90. The molecule has 0 radical (unpaired) electrons. The van der Waals surface area contributed by atoms with Gasteiger partial charge in [-0.2, -0.15) is 0 Å². The lowest BCUT2D eigenvalue weighted by atomic mass is 9.92. The van der Waals surface area contributed by atoms with Crippen LogP contribution >= 0.6 is 0 Å². The number of hydrogen-bond donors (Lipinski definition) is 1. The summed E-state index contributed by atoms with van der Waals surface area (Å²) in [6.07, 6.45) is 8.18. The van der Waals surface area contributed by atoms with Crippen LogP contribution in [0.4, 0.5) is 0 Å². The molecule has 2 atom stereocenters. The summed E-state index contributed by atoms with van der Waals surface area (Å²) in [4.78, 5) is 0. The van der Waals surface area contributed by atoms with E-state index < -0.39 is 8.07 Å². The van der Waals surface area contributed by atoms with Crippen LogP contribution in [0.3, 0.4) is 0 Å². The van der Waals surface area contributed by atoms with E-state index in [2.05, 4.69) is 31.8 Å². The minimum absolute atomic E-state index is 0.343. The molecule has 13 heavy (non-hydrogen) atoms. The monoisotopic (exact) mass is 198 g/mol. The minimum Gasteiger partial charge on any atom is -0.396 e. The number of rotatable bonds is 3. The van der Waals surface area contributed by atoms with Crippen molar-refractivity contribution in [2.45, 2.75) is 44.4 Å². The van der Waals surface area contributed by atoms with Crippen molar-refractivity contribution in [3.8, 4) is 0 Å². The Morgan fingerprint density at radius 1 is 1.38 bits per heavy atom. The van der Waals surface area contributed by atoms with Crippen LogP contribution in [0.2, 0.25) is 25.2 Å². The largest absolute Gasteiger partial charge is 0.396 e. The van der Waals surface area contributed by atoms with Crippen molar-refractivity contribution in [3.05, 3.63) is 12.2 Å². The molecule has 0 aromatic rings. The number of aliphatic hydroxyl groups is 1. The second-order valence-corrected chi connectivity index (χ2v) is 10.6. The lowest BCUT2D eigenvalue weighted by Crippen LogP contribution is -2.34. The number of aliphatic hydroxyl groups excluding tert-OH is 1. The molecular formula is C11H22OSi. The van der Waals surface area contributed by atoms with Crippen LogP contribution in [0.25, 0.3) is 0 Å². The summed E-state index contributed by atoms with van der Waals surface area (Å²) >= 11 is 0. The summed E-state index contributed by atoms with van der Waals surface area (Å²) in [5.74, 6) is 0.658. The Hall–Kier alpha value is -0.0831. The standard InChI is InChI=1S/C11H22OSi/c1-13(2,3)11-7-5-4-6-10(11)8-9-12/h4,6,10-12H,5,7-9H2,1-3H3. The normalized spacial score (nSPS) is 29.2. The van der Waals surface area contributed by atoms with Crippen LogP contribution in [0.5, 0.6) is 0 Å². The smallest absolute Gasteiger partial charge is 0.0479 e. The molecule has 1 aliphatic rings. The first kappa shape index (κ1) is 11.0. The van der Waals surface area contributed by atoms with E-state index in [1.165, 1.54) is 12.8 Å². The maximum Gasteiger partial charge on any atom is 0.0479 e. The molecule has 1 rings (SSSR count). The fourth-order valence-electron chi connectivity index (χ4n) is 2.42. The van der Waals surface area contributed by atoms with Crippen LogP contribution in [0, 0.1) is 5.92 Å². The first-order valence-electron chi connectivity index (χ1n) is 5.33. The van der Waals surface area contributed by atoms with Gasteiger partial charge in [0.1, 0.15) is 0 Å². The van der Waals surface area contributed by atoms with E-state index in [1.807, 2.05) is 0 Å². The molecule has 76 valence electrons. The highest BCUT2D eigenvalue weighted by atomic mass is 28.3. The van der Waals surface area contributed by atoms with Crippen molar-refractivity contribution >= 4 is 8.07 Å². The molecule has 1 N–H and O–H groups in total. The van der Waals surface area contributed by atoms with Gasteiger partial charge < -0.3 is 5.11 Å². The zero-order valence-corrected chi connectivity index (χ0v) is 10.1. The van der Waals surface area contributed by atoms with E-state index in [1.54, 1.807) is 0 Å². The highest BCUT2D eigenvalue weighted by Crippen LogP contribution is 2.39. The molecule has 0 heterocycles. The zero-order valence-electron chi connectivity index (χ0n) is 9.09. The van der Waals surface area contributed by atoms with Crippen molar-refractivity contribution < 1.29 is 5.11 Å². The Bertz CT molecular complexity index is 181. The molecule has 0 aliphatic heterocycles. The maximum absolute atomic E-state index is 8.98. The van der Waals surface area contributed by atoms with Crippen molar-refractivity contribution in [2.75, 3.05) is 6.61 Å². The number of allylic oxidation sites excluding steroid dienone is 2. The van der Waals surface area contributed by atoms with E-state index in [0.717, 1.165) is 12.0 Å². The van der Waals surface area contributed by atoms with Gasteiger partial charge >= 0.3 is 0 Å². The van der Waals surface area contributed by atoms with Crippen LogP contribution in [-0.2, 0) is 0 Å². The summed E-state index contributed by atoms with van der Waals surface area (Å²) in [5, 5.41) is 8.98. The van der Waals surface area contributed by atoms with Gasteiger partial charge in [-0.25, -0.2) is 0 Å². The van der Waals surface area contributed by atoms with Crippen molar-refractivity contribution in [1.29, 1.82) is 0 Å². The van der Waals surface area contributed by atoms with Gasteiger partial charge in [0, 0.05) is 14.7 Å². The SMILES string of the molecule is C[Si](C)(C)C1CCC=CC1CCO. The molecule has 1 nitrogen and oxygen atoms in total. The predicted octanol–water partition coefficient (Wildman–Crippen LogP) is 3.04. The fourth-order valence-corrected chi connectivity index (χ4v) is 5.01. The van der Waals surface area contributed by atoms with Gasteiger partial charge in [0.15, 0.2) is 0 Å². The van der Waals surface area contributed by atoms with E-state index in [4.69, 9.17) is 5.11 Å². The highest BCUT2D eigenvalue weighted by Gasteiger charge is 2.32. The fraction of sp³-hybridized carbons (Fsp3) is 0.818. The van der Waals surface area contributed by atoms with Crippen LogP contribution < -0.4 is 0 Å². The van der Waals surface area contributed by atoms with E-state index in [0.29, 0.717) is 12.5 Å². The lowest BCUT2D eigenvalue weighted by molar-refractivity contribution is 0.263. The molecule has 0 fully saturated rings. The lowest BCUT2D eigenvalue weighted by Gasteiger charge is -2.36. The third-order valence-electron chi connectivity index (χ3n) is 3.12. The molecule has 0 bridgehead atoms. The summed E-state index contributed by atoms with van der Waals surface area (Å²) in [6.45, 7) is 7.68. The van der Waals surface area contributed by atoms with Gasteiger partial charge in [-0.15, -0.1) is 0 Å². The summed E-state index contributed by atoms with van der Waals surface area (Å²) in [6, 6.07) is 0. The summed E-state index contributed by atoms with van der Waals surface area (Å²) in [5.41, 5.74) is 0.879. The molecule has 0 saturated carbocycles. The average molecular weight is 198 g/mol. The second-order valence-electron chi connectivity index (χ2n) is 5.15. The van der Waals surface area contributed by atoms with Gasteiger partial charge in [0.2, 0.25) is 0 Å². The first-order chi connectivity index (χ1) is 6.05. The quantitative estimate of drug-likeness (QED) is 0.546. The first-order valence-corrected chi connectivity index (χ1v) is 8.91. The molecule has 0 amide bonds. The second kappa shape index (κ2) is 4.42. The van der Waals surface area contributed by atoms with Gasteiger partial charge in [0.05, 0.1) is 0 Å². The number of hydrogen-bond acceptors (Lipinski definition) is 1. The third kappa shape index (κ3) is 2.95. The van der Waals surface area contributed by atoms with Crippen molar-refractivity contribution in [3.63, 3.8) is 0 Å².